The molecule has 7 heteroatoms. The van der Waals surface area contributed by atoms with Gasteiger partial charge < -0.3 is 14.8 Å². The average Bonchev–Trinajstić information content (AvgIpc) is 2.31. The van der Waals surface area contributed by atoms with Crippen LogP contribution in [0.25, 0.3) is 0 Å². The number of rotatable bonds is 5. The number of benzene rings is 1. The number of methoxy groups -OCH3 is 2. The summed E-state index contributed by atoms with van der Waals surface area (Å²) in [7, 11) is 2.83. The van der Waals surface area contributed by atoms with E-state index in [2.05, 4.69) is 5.32 Å². The maximum Gasteiger partial charge on any atom is 0.418 e. The lowest BCUT2D eigenvalue weighted by atomic mass is 10.1. The van der Waals surface area contributed by atoms with Gasteiger partial charge in [0, 0.05) is 24.9 Å². The summed E-state index contributed by atoms with van der Waals surface area (Å²) in [6.45, 7) is 1.66. The molecule has 0 saturated carbocycles. The molecule has 1 aromatic carbocycles. The number of halogens is 4. The average molecular weight is 298 g/mol. The van der Waals surface area contributed by atoms with Gasteiger partial charge in [-0.05, 0) is 25.1 Å². The smallest absolute Gasteiger partial charge is 0.377 e. The van der Waals surface area contributed by atoms with E-state index >= 15 is 0 Å². The normalized spacial score (nSPS) is 13.7. The molecule has 0 aliphatic heterocycles. The molecule has 1 atom stereocenters. The first-order valence-corrected chi connectivity index (χ1v) is 5.86. The molecule has 0 aliphatic rings. The van der Waals surface area contributed by atoms with Gasteiger partial charge in [0.15, 0.2) is 6.29 Å². The third-order valence-electron chi connectivity index (χ3n) is 2.54. The highest BCUT2D eigenvalue weighted by molar-refractivity contribution is 6.30. The first kappa shape index (κ1) is 16.1. The van der Waals surface area contributed by atoms with Crippen LogP contribution >= 0.6 is 11.6 Å². The van der Waals surface area contributed by atoms with Crippen LogP contribution in [0.1, 0.15) is 12.5 Å². The summed E-state index contributed by atoms with van der Waals surface area (Å²) in [6, 6.07) is 3.09. The highest BCUT2D eigenvalue weighted by Crippen LogP contribution is 2.36. The van der Waals surface area contributed by atoms with E-state index in [1.807, 2.05) is 0 Å². The summed E-state index contributed by atoms with van der Waals surface area (Å²) < 4.78 is 48.6. The molecule has 0 radical (unpaired) electrons. The molecule has 0 aliphatic carbocycles. The summed E-state index contributed by atoms with van der Waals surface area (Å²) in [5, 5.41) is 2.75. The molecule has 1 rings (SSSR count). The minimum absolute atomic E-state index is 0.0283. The topological polar surface area (TPSA) is 30.5 Å². The molecule has 1 aromatic rings. The van der Waals surface area contributed by atoms with Gasteiger partial charge in [-0.25, -0.2) is 0 Å². The predicted molar refractivity (Wildman–Crippen MR) is 67.3 cm³/mol. The Hall–Kier alpha value is -0.980. The van der Waals surface area contributed by atoms with E-state index in [-0.39, 0.29) is 10.7 Å². The van der Waals surface area contributed by atoms with Gasteiger partial charge in [-0.2, -0.15) is 13.2 Å². The fourth-order valence-corrected chi connectivity index (χ4v) is 1.87. The number of nitrogens with one attached hydrogen (secondary N) is 1. The summed E-state index contributed by atoms with van der Waals surface area (Å²) in [6.07, 6.45) is -5.14. The van der Waals surface area contributed by atoms with Gasteiger partial charge in [-0.15, -0.1) is 0 Å². The molecule has 0 aromatic heterocycles. The van der Waals surface area contributed by atoms with Gasteiger partial charge in [0.05, 0.1) is 11.6 Å². The van der Waals surface area contributed by atoms with E-state index in [0.29, 0.717) is 0 Å². The van der Waals surface area contributed by atoms with E-state index in [0.717, 1.165) is 6.07 Å². The summed E-state index contributed by atoms with van der Waals surface area (Å²) >= 11 is 5.60. The van der Waals surface area contributed by atoms with Crippen molar-refractivity contribution in [2.45, 2.75) is 25.4 Å². The molecule has 0 amide bonds. The minimum atomic E-state index is -4.48. The zero-order chi connectivity index (χ0) is 14.6. The highest BCUT2D eigenvalue weighted by Gasteiger charge is 2.34. The Balaban J connectivity index is 3.01. The number of anilines is 1. The number of ether oxygens (including phenoxy) is 2. The zero-order valence-corrected chi connectivity index (χ0v) is 11.5. The van der Waals surface area contributed by atoms with Gasteiger partial charge in [-0.3, -0.25) is 0 Å². The standard InChI is InChI=1S/C12H15ClF3NO2/c1-7(11(18-2)19-3)17-10-5-4-8(13)6-9(10)12(14,15)16/h4-7,11,17H,1-3H3. The zero-order valence-electron chi connectivity index (χ0n) is 10.7. The second kappa shape index (κ2) is 6.45. The van der Waals surface area contributed by atoms with E-state index in [1.165, 1.54) is 26.4 Å². The molecular formula is C12H15ClF3NO2. The number of alkyl halides is 3. The van der Waals surface area contributed by atoms with Crippen LogP contribution in [-0.4, -0.2) is 26.6 Å². The molecule has 108 valence electrons. The van der Waals surface area contributed by atoms with E-state index < -0.39 is 24.1 Å². The van der Waals surface area contributed by atoms with Crippen molar-refractivity contribution in [1.29, 1.82) is 0 Å². The fraction of sp³-hybridized carbons (Fsp3) is 0.500. The lowest BCUT2D eigenvalue weighted by Crippen LogP contribution is -2.34. The molecular weight excluding hydrogens is 283 g/mol. The number of hydrogen-bond donors (Lipinski definition) is 1. The van der Waals surface area contributed by atoms with Crippen LogP contribution in [-0.2, 0) is 15.7 Å². The SMILES string of the molecule is COC(OC)C(C)Nc1ccc(Cl)cc1C(F)(F)F. The lowest BCUT2D eigenvalue weighted by Gasteiger charge is -2.25. The molecule has 1 unspecified atom stereocenters. The molecule has 1 N–H and O–H groups in total. The van der Waals surface area contributed by atoms with E-state index in [9.17, 15) is 13.2 Å². The molecule has 0 spiro atoms. The van der Waals surface area contributed by atoms with Gasteiger partial charge in [0.1, 0.15) is 0 Å². The van der Waals surface area contributed by atoms with Crippen molar-refractivity contribution in [2.24, 2.45) is 0 Å². The molecule has 0 fully saturated rings. The van der Waals surface area contributed by atoms with Crippen LogP contribution in [0, 0.1) is 0 Å². The Morgan fingerprint density at radius 3 is 2.26 bits per heavy atom. The van der Waals surface area contributed by atoms with E-state index in [4.69, 9.17) is 21.1 Å². The second-order valence-electron chi connectivity index (χ2n) is 3.96. The molecule has 3 nitrogen and oxygen atoms in total. The van der Waals surface area contributed by atoms with Crippen molar-refractivity contribution in [2.75, 3.05) is 19.5 Å². The summed E-state index contributed by atoms with van der Waals surface area (Å²) in [5.41, 5.74) is -0.888. The van der Waals surface area contributed by atoms with Gasteiger partial charge >= 0.3 is 6.18 Å². The highest BCUT2D eigenvalue weighted by atomic mass is 35.5. The Morgan fingerprint density at radius 2 is 1.79 bits per heavy atom. The molecule has 0 bridgehead atoms. The van der Waals surface area contributed by atoms with Crippen LogP contribution in [0.2, 0.25) is 5.02 Å². The Labute approximate surface area is 114 Å². The fourth-order valence-electron chi connectivity index (χ4n) is 1.69. The summed E-state index contributed by atoms with van der Waals surface area (Å²) in [4.78, 5) is 0. The number of hydrogen-bond acceptors (Lipinski definition) is 3. The van der Waals surface area contributed by atoms with Crippen molar-refractivity contribution < 1.29 is 22.6 Å². The Kier molecular flexibility index (Phi) is 5.46. The molecule has 19 heavy (non-hydrogen) atoms. The van der Waals surface area contributed by atoms with E-state index in [1.54, 1.807) is 6.92 Å². The lowest BCUT2D eigenvalue weighted by molar-refractivity contribution is -0.137. The van der Waals surface area contributed by atoms with Crippen molar-refractivity contribution in [3.05, 3.63) is 28.8 Å². The largest absolute Gasteiger partial charge is 0.418 e. The summed E-state index contributed by atoms with van der Waals surface area (Å²) in [5.74, 6) is 0. The molecule has 0 heterocycles. The Bertz CT molecular complexity index is 422. The second-order valence-corrected chi connectivity index (χ2v) is 4.40. The third kappa shape index (κ3) is 4.26. The van der Waals surface area contributed by atoms with Crippen molar-refractivity contribution in [3.63, 3.8) is 0 Å². The van der Waals surface area contributed by atoms with Crippen LogP contribution in [0.5, 0.6) is 0 Å². The quantitative estimate of drug-likeness (QED) is 0.839. The van der Waals surface area contributed by atoms with Crippen molar-refractivity contribution in [3.8, 4) is 0 Å². The first-order valence-electron chi connectivity index (χ1n) is 5.48. The predicted octanol–water partition coefficient (Wildman–Crippen LogP) is 3.78. The van der Waals surface area contributed by atoms with Crippen LogP contribution < -0.4 is 5.32 Å². The van der Waals surface area contributed by atoms with Crippen LogP contribution in [0.15, 0.2) is 18.2 Å². The molecule has 0 saturated heterocycles. The maximum absolute atomic E-state index is 12.9. The van der Waals surface area contributed by atoms with Crippen molar-refractivity contribution in [1.82, 2.24) is 0 Å². The third-order valence-corrected chi connectivity index (χ3v) is 2.78. The van der Waals surface area contributed by atoms with Gasteiger partial charge in [0.25, 0.3) is 0 Å². The van der Waals surface area contributed by atoms with Crippen molar-refractivity contribution >= 4 is 17.3 Å². The van der Waals surface area contributed by atoms with Crippen LogP contribution in [0.4, 0.5) is 18.9 Å². The minimum Gasteiger partial charge on any atom is -0.377 e. The van der Waals surface area contributed by atoms with Gasteiger partial charge in [-0.1, -0.05) is 11.6 Å². The monoisotopic (exact) mass is 297 g/mol. The first-order chi connectivity index (χ1) is 8.79. The Morgan fingerprint density at radius 1 is 1.21 bits per heavy atom. The van der Waals surface area contributed by atoms with Crippen LogP contribution in [0.3, 0.4) is 0 Å². The van der Waals surface area contributed by atoms with Gasteiger partial charge in [0.2, 0.25) is 0 Å². The maximum atomic E-state index is 12.9.